The Labute approximate surface area is 484 Å². The van der Waals surface area contributed by atoms with E-state index in [9.17, 15) is 0 Å². The molecule has 0 atom stereocenters. The highest BCUT2D eigenvalue weighted by Crippen LogP contribution is 2.50. The molecular weight excluding hydrogens is 1030 g/mol. The number of fused-ring (bicyclic) bond motifs is 14. The predicted octanol–water partition coefficient (Wildman–Crippen LogP) is 15.3. The fourth-order valence-electron chi connectivity index (χ4n) is 14.7. The summed E-state index contributed by atoms with van der Waals surface area (Å²) in [4.78, 5) is 6.80. The minimum absolute atomic E-state index is 0.225. The summed E-state index contributed by atoms with van der Waals surface area (Å²) >= 11 is 0. The highest BCUT2D eigenvalue weighted by Gasteiger charge is 2.48. The van der Waals surface area contributed by atoms with E-state index >= 15 is 8.78 Å². The van der Waals surface area contributed by atoms with E-state index in [0.29, 0.717) is 5.75 Å². The zero-order valence-electron chi connectivity index (χ0n) is 45.7. The summed E-state index contributed by atoms with van der Waals surface area (Å²) in [7, 11) is 0. The molecule has 12 aromatic carbocycles. The van der Waals surface area contributed by atoms with E-state index < -0.39 is 11.6 Å². The lowest BCUT2D eigenvalue weighted by atomic mass is 9.30. The van der Waals surface area contributed by atoms with E-state index in [0.717, 1.165) is 140 Å². The third-order valence-electron chi connectivity index (χ3n) is 18.1. The van der Waals surface area contributed by atoms with Crippen LogP contribution >= 0.6 is 0 Å². The summed E-state index contributed by atoms with van der Waals surface area (Å²) in [5.74, 6) is 0.0694. The van der Waals surface area contributed by atoms with Crippen molar-refractivity contribution in [3.05, 3.63) is 271 Å². The number of benzene rings is 12. The maximum absolute atomic E-state index is 17.5. The van der Waals surface area contributed by atoms with Crippen LogP contribution in [0.25, 0.3) is 55.0 Å². The number of nitrogens with zero attached hydrogens (tertiary/aromatic N) is 5. The van der Waals surface area contributed by atoms with Crippen molar-refractivity contribution in [1.82, 2.24) is 9.13 Å². The smallest absolute Gasteiger partial charge is 0.256 e. The SMILES string of the molecule is Cc1ccc2c3ccccc3n(-c3cc4c5c(c3)N(c3ccccc3)c3ccccc3B5c3cc5c(cc3O4)N(c3ccc(F)cc3F)c3cc(-n4c6ccccc6c6ccc(C)cc64)cc4c3B5c3ccccc3N4c3ccccc3)c2c1. The highest BCUT2D eigenvalue weighted by atomic mass is 19.1. The molecule has 10 heteroatoms. The number of halogens is 2. The Morgan fingerprint density at radius 3 is 1.38 bits per heavy atom. The van der Waals surface area contributed by atoms with Crippen molar-refractivity contribution in [2.24, 2.45) is 0 Å². The van der Waals surface area contributed by atoms with Crippen molar-refractivity contribution < 1.29 is 13.5 Å². The fourth-order valence-corrected chi connectivity index (χ4v) is 14.7. The van der Waals surface area contributed by atoms with Gasteiger partial charge in [0.05, 0.1) is 39.1 Å². The molecule has 0 radical (unpaired) electrons. The minimum atomic E-state index is -0.677. The Kier molecular flexibility index (Phi) is 9.80. The number of aryl methyl sites for hydroxylation is 2. The van der Waals surface area contributed by atoms with Gasteiger partial charge in [0.1, 0.15) is 23.1 Å². The molecule has 0 spiro atoms. The second kappa shape index (κ2) is 17.5. The van der Waals surface area contributed by atoms with Crippen molar-refractivity contribution in [2.45, 2.75) is 13.8 Å². The first-order valence-electron chi connectivity index (χ1n) is 28.7. The second-order valence-corrected chi connectivity index (χ2v) is 22.8. The molecule has 0 amide bonds. The molecule has 4 aliphatic heterocycles. The molecule has 394 valence electrons. The first-order valence-corrected chi connectivity index (χ1v) is 28.7. The lowest BCUT2D eigenvalue weighted by Crippen LogP contribution is -2.64. The fraction of sp³-hybridized carbons (Fsp3) is 0.0270. The van der Waals surface area contributed by atoms with Gasteiger partial charge in [-0.25, -0.2) is 8.78 Å². The molecule has 84 heavy (non-hydrogen) atoms. The van der Waals surface area contributed by atoms with E-state index in [-0.39, 0.29) is 19.1 Å². The van der Waals surface area contributed by atoms with E-state index in [4.69, 9.17) is 4.74 Å². The minimum Gasteiger partial charge on any atom is -0.458 e. The molecule has 0 fully saturated rings. The molecule has 0 bridgehead atoms. The molecule has 0 aliphatic carbocycles. The van der Waals surface area contributed by atoms with Crippen LogP contribution < -0.4 is 52.2 Å². The molecule has 6 nitrogen and oxygen atoms in total. The summed E-state index contributed by atoms with van der Waals surface area (Å²) in [5, 5.41) is 4.61. The van der Waals surface area contributed by atoms with Crippen molar-refractivity contribution in [2.75, 3.05) is 14.7 Å². The van der Waals surface area contributed by atoms with Crippen molar-refractivity contribution in [3.8, 4) is 22.9 Å². The lowest BCUT2D eigenvalue weighted by Gasteiger charge is -2.45. The molecule has 0 saturated carbocycles. The van der Waals surface area contributed by atoms with E-state index in [2.05, 4.69) is 257 Å². The van der Waals surface area contributed by atoms with E-state index in [1.807, 2.05) is 11.0 Å². The van der Waals surface area contributed by atoms with E-state index in [1.165, 1.54) is 22.4 Å². The second-order valence-electron chi connectivity index (χ2n) is 22.8. The largest absolute Gasteiger partial charge is 0.458 e. The number of anilines is 9. The zero-order valence-corrected chi connectivity index (χ0v) is 45.7. The summed E-state index contributed by atoms with van der Waals surface area (Å²) in [6.45, 7) is 3.68. The Balaban J connectivity index is 0.947. The van der Waals surface area contributed by atoms with Crippen molar-refractivity contribution in [3.63, 3.8) is 0 Å². The number of aromatic nitrogens is 2. The van der Waals surface area contributed by atoms with Gasteiger partial charge in [-0.3, -0.25) is 0 Å². The topological polar surface area (TPSA) is 28.8 Å². The van der Waals surface area contributed by atoms with Crippen LogP contribution in [0.4, 0.5) is 60.0 Å². The third-order valence-corrected chi connectivity index (χ3v) is 18.1. The highest BCUT2D eigenvalue weighted by molar-refractivity contribution is 7.02. The predicted molar refractivity (Wildman–Crippen MR) is 344 cm³/mol. The quantitative estimate of drug-likeness (QED) is 0.161. The number of ether oxygens (including phenoxy) is 1. The van der Waals surface area contributed by atoms with Gasteiger partial charge in [-0.15, -0.1) is 0 Å². The molecule has 6 heterocycles. The van der Waals surface area contributed by atoms with Crippen LogP contribution in [-0.2, 0) is 0 Å². The molecule has 0 unspecified atom stereocenters. The number of rotatable bonds is 5. The average molecular weight is 1080 g/mol. The molecule has 2 aromatic heterocycles. The maximum Gasteiger partial charge on any atom is 0.256 e. The molecular formula is C74H47B2F2N5O. The van der Waals surface area contributed by atoms with Gasteiger partial charge < -0.3 is 28.6 Å². The van der Waals surface area contributed by atoms with Crippen LogP contribution in [0.2, 0.25) is 0 Å². The standard InChI is InChI=1S/C74H47B2F2N5O/c1-44-29-32-53-51-21-9-13-25-60(51)81(65(53)35-44)49-38-68-73-69(39-49)83(64-34-31-46(77)37-59(64)78)67-43-71-58(42-57(67)75(73)55-23-11-15-27-62(55)79(68)47-17-5-3-6-18-47)76-56-24-12-16-28-63(56)80(48-19-7-4-8-20-48)70-40-50(41-72(84-71)74(70)76)82-61-26-14-10-22-52(61)54-33-30-45(2)36-66(54)82/h3-43H,1-2H3. The molecule has 14 aromatic rings. The van der Waals surface area contributed by atoms with Gasteiger partial charge in [0.25, 0.3) is 13.4 Å². The van der Waals surface area contributed by atoms with Crippen LogP contribution in [0.1, 0.15) is 11.1 Å². The summed E-state index contributed by atoms with van der Waals surface area (Å²) in [6, 6.07) is 86.7. The van der Waals surface area contributed by atoms with Gasteiger partial charge in [-0.05, 0) is 149 Å². The summed E-state index contributed by atoms with van der Waals surface area (Å²) < 4.78 is 45.3. The first kappa shape index (κ1) is 47.1. The van der Waals surface area contributed by atoms with Gasteiger partial charge in [-0.2, -0.15) is 0 Å². The maximum atomic E-state index is 17.5. The van der Waals surface area contributed by atoms with Crippen molar-refractivity contribution >= 4 is 141 Å². The number of hydrogen-bond acceptors (Lipinski definition) is 4. The van der Waals surface area contributed by atoms with Crippen LogP contribution in [0.5, 0.6) is 11.5 Å². The van der Waals surface area contributed by atoms with E-state index in [1.54, 1.807) is 6.07 Å². The number of para-hydroxylation sites is 6. The van der Waals surface area contributed by atoms with Crippen LogP contribution in [0.3, 0.4) is 0 Å². The molecule has 4 aliphatic rings. The van der Waals surface area contributed by atoms with Gasteiger partial charge in [0.15, 0.2) is 0 Å². The normalized spacial score (nSPS) is 13.5. The molecule has 0 N–H and O–H groups in total. The zero-order chi connectivity index (χ0) is 55.6. The average Bonchev–Trinajstić information content (AvgIpc) is 1.18. The van der Waals surface area contributed by atoms with Gasteiger partial charge >= 0.3 is 0 Å². The Morgan fingerprint density at radius 1 is 0.310 bits per heavy atom. The monoisotopic (exact) mass is 1080 g/mol. The van der Waals surface area contributed by atoms with Gasteiger partial charge in [0, 0.05) is 85.2 Å². The first-order chi connectivity index (χ1) is 41.3. The van der Waals surface area contributed by atoms with Gasteiger partial charge in [0.2, 0.25) is 0 Å². The molecule has 0 saturated heterocycles. The van der Waals surface area contributed by atoms with Crippen LogP contribution in [0.15, 0.2) is 249 Å². The summed E-state index contributed by atoms with van der Waals surface area (Å²) in [6.07, 6.45) is 0. The number of hydrogen-bond donors (Lipinski definition) is 0. The summed E-state index contributed by atoms with van der Waals surface area (Å²) in [5.41, 5.74) is 22.7. The lowest BCUT2D eigenvalue weighted by molar-refractivity contribution is 0.487. The van der Waals surface area contributed by atoms with Crippen LogP contribution in [0, 0.1) is 25.5 Å². The van der Waals surface area contributed by atoms with Crippen molar-refractivity contribution in [1.29, 1.82) is 0 Å². The Morgan fingerprint density at radius 2 is 0.798 bits per heavy atom. The Hall–Kier alpha value is -10.6. The molecule has 18 rings (SSSR count). The Bertz CT molecular complexity index is 5170. The third kappa shape index (κ3) is 6.56. The van der Waals surface area contributed by atoms with Gasteiger partial charge in [-0.1, -0.05) is 140 Å². The van der Waals surface area contributed by atoms with Crippen LogP contribution in [-0.4, -0.2) is 22.6 Å².